The summed E-state index contributed by atoms with van der Waals surface area (Å²) in [5.74, 6) is 0. The Morgan fingerprint density at radius 1 is 0.650 bits per heavy atom. The van der Waals surface area contributed by atoms with Crippen molar-refractivity contribution in [1.29, 1.82) is 0 Å². The molecule has 1 aromatic heterocycles. The number of hydrogen-bond donors (Lipinski definition) is 0. The minimum Gasteiger partial charge on any atom is -0.258 e. The van der Waals surface area contributed by atoms with Crippen molar-refractivity contribution in [3.05, 3.63) is 156 Å². The van der Waals surface area contributed by atoms with Crippen LogP contribution in [0.1, 0.15) is 0 Å². The van der Waals surface area contributed by atoms with Crippen LogP contribution < -0.4 is 15.9 Å². The smallest absolute Gasteiger partial charge is 0.258 e. The fourth-order valence-corrected chi connectivity index (χ4v) is 8.29. The maximum Gasteiger partial charge on any atom is 0.269 e. The third-order valence-corrected chi connectivity index (χ3v) is 10.3. The maximum atomic E-state index is 11.1. The molecule has 1 heterocycles. The second-order valence-electron chi connectivity index (χ2n) is 9.09. The van der Waals surface area contributed by atoms with Crippen molar-refractivity contribution in [2.45, 2.75) is 0 Å². The van der Waals surface area contributed by atoms with Crippen LogP contribution in [0.3, 0.4) is 0 Å². The molecular formula is C32H24N5O2P. The van der Waals surface area contributed by atoms with Crippen LogP contribution in [0.2, 0.25) is 0 Å². The molecule has 0 spiro atoms. The van der Waals surface area contributed by atoms with Crippen LogP contribution in [0.5, 0.6) is 0 Å². The number of benzene rings is 5. The van der Waals surface area contributed by atoms with Gasteiger partial charge in [0.1, 0.15) is 0 Å². The summed E-state index contributed by atoms with van der Waals surface area (Å²) in [4.78, 5) is 10.6. The Labute approximate surface area is 231 Å². The molecule has 0 amide bonds. The predicted octanol–water partition coefficient (Wildman–Crippen LogP) is 6.65. The summed E-state index contributed by atoms with van der Waals surface area (Å²) in [6.07, 6.45) is 1.68. The van der Waals surface area contributed by atoms with Gasteiger partial charge in [0, 0.05) is 33.6 Å². The van der Waals surface area contributed by atoms with Crippen molar-refractivity contribution >= 4 is 34.3 Å². The van der Waals surface area contributed by atoms with Gasteiger partial charge in [-0.3, -0.25) is 14.9 Å². The van der Waals surface area contributed by atoms with E-state index in [0.29, 0.717) is 5.69 Å². The molecule has 0 atom stereocenters. The minimum atomic E-state index is -2.38. The first kappa shape index (κ1) is 25.2. The van der Waals surface area contributed by atoms with Crippen LogP contribution in [0.4, 0.5) is 11.4 Å². The first-order valence-corrected chi connectivity index (χ1v) is 14.4. The third-order valence-electron chi connectivity index (χ3n) is 6.67. The monoisotopic (exact) mass is 541 g/mol. The average molecular weight is 542 g/mol. The summed E-state index contributed by atoms with van der Waals surface area (Å²) in [5.41, 5.74) is 3.26. The zero-order chi connectivity index (χ0) is 27.4. The molecule has 7 nitrogen and oxygen atoms in total. The van der Waals surface area contributed by atoms with Gasteiger partial charge in [-0.1, -0.05) is 108 Å². The van der Waals surface area contributed by atoms with E-state index >= 15 is 0 Å². The molecule has 0 radical (unpaired) electrons. The Bertz CT molecular complexity index is 1700. The maximum absolute atomic E-state index is 11.1. The van der Waals surface area contributed by atoms with E-state index in [0.717, 1.165) is 16.9 Å². The van der Waals surface area contributed by atoms with E-state index in [1.54, 1.807) is 23.0 Å². The predicted molar refractivity (Wildman–Crippen MR) is 161 cm³/mol. The molecule has 0 N–H and O–H groups in total. The van der Waals surface area contributed by atoms with E-state index in [1.807, 2.05) is 42.5 Å². The van der Waals surface area contributed by atoms with Gasteiger partial charge in [-0.15, -0.1) is 5.10 Å². The van der Waals surface area contributed by atoms with Gasteiger partial charge in [-0.2, -0.15) is 0 Å². The van der Waals surface area contributed by atoms with E-state index in [1.165, 1.54) is 28.0 Å². The molecule has 0 unspecified atom stereocenters. The van der Waals surface area contributed by atoms with Crippen molar-refractivity contribution in [3.63, 3.8) is 0 Å². The van der Waals surface area contributed by atoms with Crippen molar-refractivity contribution in [2.24, 2.45) is 4.74 Å². The molecule has 5 aromatic carbocycles. The quantitative estimate of drug-likeness (QED) is 0.129. The molecule has 40 heavy (non-hydrogen) atoms. The lowest BCUT2D eigenvalue weighted by atomic mass is 10.1. The molecule has 6 rings (SSSR count). The summed E-state index contributed by atoms with van der Waals surface area (Å²) >= 11 is 0. The van der Waals surface area contributed by atoms with Crippen molar-refractivity contribution in [1.82, 2.24) is 15.0 Å². The van der Waals surface area contributed by atoms with Gasteiger partial charge in [0.2, 0.25) is 0 Å². The first-order chi connectivity index (χ1) is 19.6. The van der Waals surface area contributed by atoms with E-state index in [-0.39, 0.29) is 5.69 Å². The molecule has 0 saturated carbocycles. The summed E-state index contributed by atoms with van der Waals surface area (Å²) in [7, 11) is -2.38. The lowest BCUT2D eigenvalue weighted by molar-refractivity contribution is -0.384. The largest absolute Gasteiger partial charge is 0.269 e. The molecule has 0 aliphatic carbocycles. The van der Waals surface area contributed by atoms with Crippen molar-refractivity contribution in [3.8, 4) is 16.9 Å². The molecule has 6 aromatic rings. The highest BCUT2D eigenvalue weighted by Gasteiger charge is 2.27. The lowest BCUT2D eigenvalue weighted by Crippen LogP contribution is -2.25. The summed E-state index contributed by atoms with van der Waals surface area (Å²) in [5, 5.41) is 22.9. The summed E-state index contributed by atoms with van der Waals surface area (Å²) in [6, 6.07) is 45.8. The minimum absolute atomic E-state index is 0.0263. The van der Waals surface area contributed by atoms with E-state index < -0.39 is 12.0 Å². The van der Waals surface area contributed by atoms with Crippen LogP contribution in [-0.2, 0) is 0 Å². The molecule has 0 saturated heterocycles. The van der Waals surface area contributed by atoms with Crippen molar-refractivity contribution < 1.29 is 4.92 Å². The van der Waals surface area contributed by atoms with E-state index in [9.17, 15) is 10.1 Å². The lowest BCUT2D eigenvalue weighted by Gasteiger charge is -2.27. The Morgan fingerprint density at radius 2 is 1.15 bits per heavy atom. The van der Waals surface area contributed by atoms with Gasteiger partial charge in [0.25, 0.3) is 5.69 Å². The van der Waals surface area contributed by atoms with Crippen molar-refractivity contribution in [2.75, 3.05) is 0 Å². The van der Waals surface area contributed by atoms with Crippen LogP contribution >= 0.6 is 7.05 Å². The first-order valence-electron chi connectivity index (χ1n) is 12.7. The number of nitro groups is 1. The van der Waals surface area contributed by atoms with Gasteiger partial charge in [0.15, 0.2) is 0 Å². The average Bonchev–Trinajstić information content (AvgIpc) is 3.52. The topological polar surface area (TPSA) is 86.2 Å². The number of rotatable bonds is 7. The highest BCUT2D eigenvalue weighted by molar-refractivity contribution is 7.87. The molecule has 0 bridgehead atoms. The Kier molecular flexibility index (Phi) is 6.87. The molecule has 0 aliphatic heterocycles. The molecule has 0 aliphatic rings. The second-order valence-corrected chi connectivity index (χ2v) is 12.1. The van der Waals surface area contributed by atoms with Crippen LogP contribution in [-0.4, -0.2) is 19.9 Å². The molecule has 8 heteroatoms. The molecular weight excluding hydrogens is 517 g/mol. The van der Waals surface area contributed by atoms with Crippen LogP contribution in [0.25, 0.3) is 16.9 Å². The molecule has 0 fully saturated rings. The number of aromatic nitrogens is 3. The highest BCUT2D eigenvalue weighted by atomic mass is 31.2. The van der Waals surface area contributed by atoms with Gasteiger partial charge in [-0.25, -0.2) is 4.68 Å². The van der Waals surface area contributed by atoms with Gasteiger partial charge < -0.3 is 0 Å². The Balaban J connectivity index is 1.47. The number of nitro benzene ring substituents is 1. The van der Waals surface area contributed by atoms with Crippen LogP contribution in [0.15, 0.2) is 150 Å². The van der Waals surface area contributed by atoms with Crippen LogP contribution in [0, 0.1) is 10.1 Å². The fraction of sp³-hybridized carbons (Fsp3) is 0. The highest BCUT2D eigenvalue weighted by Crippen LogP contribution is 2.49. The number of non-ortho nitro benzene ring substituents is 1. The second kappa shape index (κ2) is 10.9. The standard InChI is InChI=1S/C32H24N5O2P/c38-37(39)28-22-20-27(21-23-28)36-32(24-33-35-36)25-16-18-26(19-17-25)34-40(29-10-4-1-5-11-29,30-12-6-2-7-13-30)31-14-8-3-9-15-31/h1-24H. The van der Waals surface area contributed by atoms with E-state index in [2.05, 4.69) is 83.1 Å². The number of nitrogens with zero attached hydrogens (tertiary/aromatic N) is 5. The SMILES string of the molecule is O=[N+]([O-])c1ccc(-n2nncc2-c2ccc(N=P(c3ccccc3)(c3ccccc3)c3ccccc3)cc2)cc1. The zero-order valence-corrected chi connectivity index (χ0v) is 22.3. The van der Waals surface area contributed by atoms with Gasteiger partial charge in [0.05, 0.1) is 35.2 Å². The summed E-state index contributed by atoms with van der Waals surface area (Å²) in [6.45, 7) is 0. The van der Waals surface area contributed by atoms with Gasteiger partial charge in [-0.05, 0) is 24.3 Å². The number of hydrogen-bond acceptors (Lipinski definition) is 5. The zero-order valence-electron chi connectivity index (χ0n) is 21.4. The molecule has 194 valence electrons. The fourth-order valence-electron chi connectivity index (χ4n) is 4.76. The normalized spacial score (nSPS) is 11.2. The van der Waals surface area contributed by atoms with Gasteiger partial charge >= 0.3 is 0 Å². The Morgan fingerprint density at radius 3 is 1.62 bits per heavy atom. The third kappa shape index (κ3) is 4.75. The van der Waals surface area contributed by atoms with E-state index in [4.69, 9.17) is 4.74 Å². The Hall–Kier alpha value is -5.13. The summed E-state index contributed by atoms with van der Waals surface area (Å²) < 4.78 is 7.21.